The lowest BCUT2D eigenvalue weighted by Crippen LogP contribution is -2.25. The minimum atomic E-state index is -0.212. The molecule has 1 aromatic heterocycles. The third kappa shape index (κ3) is 3.05. The maximum Gasteiger partial charge on any atom is 0.226 e. The summed E-state index contributed by atoms with van der Waals surface area (Å²) in [7, 11) is 4.84. The SMILES string of the molecule is COc1cccc(-n2cnc3c2NC(=O)C[C@H]3c2ccc(OC)cc2OC)c1. The molecule has 0 aliphatic carbocycles. The summed E-state index contributed by atoms with van der Waals surface area (Å²) in [5.74, 6) is 2.48. The van der Waals surface area contributed by atoms with E-state index in [0.29, 0.717) is 23.7 Å². The molecular formula is C21H21N3O4. The summed E-state index contributed by atoms with van der Waals surface area (Å²) in [5, 5.41) is 2.96. The van der Waals surface area contributed by atoms with Gasteiger partial charge in [-0.3, -0.25) is 9.36 Å². The normalized spacial score (nSPS) is 15.5. The zero-order valence-corrected chi connectivity index (χ0v) is 15.9. The first kappa shape index (κ1) is 17.9. The van der Waals surface area contributed by atoms with Crippen molar-refractivity contribution in [2.24, 2.45) is 0 Å². The smallest absolute Gasteiger partial charge is 0.226 e. The van der Waals surface area contributed by atoms with Crippen LogP contribution in [0.15, 0.2) is 48.8 Å². The third-order valence-electron chi connectivity index (χ3n) is 4.92. The fourth-order valence-electron chi connectivity index (χ4n) is 3.53. The first-order chi connectivity index (χ1) is 13.6. The van der Waals surface area contributed by atoms with Crippen LogP contribution in [0, 0.1) is 0 Å². The first-order valence-electron chi connectivity index (χ1n) is 8.88. The number of carbonyl (C=O) groups excluding carboxylic acids is 1. The number of fused-ring (bicyclic) bond motifs is 1. The van der Waals surface area contributed by atoms with Crippen molar-refractivity contribution in [2.75, 3.05) is 26.6 Å². The van der Waals surface area contributed by atoms with Gasteiger partial charge in [-0.15, -0.1) is 0 Å². The lowest BCUT2D eigenvalue weighted by Gasteiger charge is -2.25. The maximum atomic E-state index is 12.5. The van der Waals surface area contributed by atoms with Crippen molar-refractivity contribution in [3.05, 3.63) is 60.0 Å². The Hall–Kier alpha value is -3.48. The topological polar surface area (TPSA) is 74.6 Å². The zero-order valence-electron chi connectivity index (χ0n) is 15.9. The summed E-state index contributed by atoms with van der Waals surface area (Å²) in [4.78, 5) is 17.1. The van der Waals surface area contributed by atoms with Crippen LogP contribution in [0.3, 0.4) is 0 Å². The number of methoxy groups -OCH3 is 3. The van der Waals surface area contributed by atoms with E-state index in [1.54, 1.807) is 27.7 Å². The van der Waals surface area contributed by atoms with E-state index in [1.165, 1.54) is 0 Å². The van der Waals surface area contributed by atoms with Crippen LogP contribution in [-0.2, 0) is 4.79 Å². The summed E-state index contributed by atoms with van der Waals surface area (Å²) in [5.41, 5.74) is 2.55. The number of nitrogens with zero attached hydrogens (tertiary/aromatic N) is 2. The van der Waals surface area contributed by atoms with E-state index < -0.39 is 0 Å². The average Bonchev–Trinajstić information content (AvgIpc) is 3.16. The van der Waals surface area contributed by atoms with Gasteiger partial charge in [0.2, 0.25) is 5.91 Å². The van der Waals surface area contributed by atoms with E-state index in [1.807, 2.05) is 47.0 Å². The molecule has 2 heterocycles. The van der Waals surface area contributed by atoms with Gasteiger partial charge in [0.15, 0.2) is 0 Å². The van der Waals surface area contributed by atoms with E-state index in [-0.39, 0.29) is 11.8 Å². The number of benzene rings is 2. The highest BCUT2D eigenvalue weighted by Gasteiger charge is 2.32. The van der Waals surface area contributed by atoms with Crippen molar-refractivity contribution >= 4 is 11.7 Å². The molecule has 2 aromatic carbocycles. The number of ether oxygens (including phenoxy) is 3. The highest BCUT2D eigenvalue weighted by molar-refractivity contribution is 5.94. The molecule has 0 spiro atoms. The summed E-state index contributed by atoms with van der Waals surface area (Å²) in [6, 6.07) is 13.2. The number of aromatic nitrogens is 2. The molecule has 0 saturated heterocycles. The molecule has 1 atom stereocenters. The van der Waals surface area contributed by atoms with Gasteiger partial charge >= 0.3 is 0 Å². The van der Waals surface area contributed by atoms with E-state index in [4.69, 9.17) is 14.2 Å². The minimum absolute atomic E-state index is 0.0694. The highest BCUT2D eigenvalue weighted by atomic mass is 16.5. The molecule has 0 radical (unpaired) electrons. The second kappa shape index (κ2) is 7.26. The van der Waals surface area contributed by atoms with Gasteiger partial charge in [0, 0.05) is 30.0 Å². The van der Waals surface area contributed by atoms with Gasteiger partial charge in [-0.1, -0.05) is 12.1 Å². The van der Waals surface area contributed by atoms with E-state index in [9.17, 15) is 4.79 Å². The molecule has 0 bridgehead atoms. The van der Waals surface area contributed by atoms with Crippen molar-refractivity contribution in [2.45, 2.75) is 12.3 Å². The number of nitrogens with one attached hydrogen (secondary N) is 1. The van der Waals surface area contributed by atoms with Crippen LogP contribution in [0.2, 0.25) is 0 Å². The second-order valence-corrected chi connectivity index (χ2v) is 6.46. The summed E-state index contributed by atoms with van der Waals surface area (Å²) in [6.45, 7) is 0. The van der Waals surface area contributed by atoms with Crippen LogP contribution in [0.25, 0.3) is 5.69 Å². The fraction of sp³-hybridized carbons (Fsp3) is 0.238. The molecule has 7 heteroatoms. The van der Waals surface area contributed by atoms with Crippen LogP contribution in [0.1, 0.15) is 23.6 Å². The number of amides is 1. The van der Waals surface area contributed by atoms with E-state index in [0.717, 1.165) is 22.7 Å². The molecule has 28 heavy (non-hydrogen) atoms. The maximum absolute atomic E-state index is 12.5. The van der Waals surface area contributed by atoms with Crippen LogP contribution < -0.4 is 19.5 Å². The molecule has 1 aliphatic rings. The molecule has 0 unspecified atom stereocenters. The number of anilines is 1. The quantitative estimate of drug-likeness (QED) is 0.736. The van der Waals surface area contributed by atoms with Crippen LogP contribution in [0.4, 0.5) is 5.82 Å². The van der Waals surface area contributed by atoms with Crippen LogP contribution >= 0.6 is 0 Å². The molecule has 0 fully saturated rings. The Morgan fingerprint density at radius 1 is 1.04 bits per heavy atom. The lowest BCUT2D eigenvalue weighted by molar-refractivity contribution is -0.116. The number of hydrogen-bond acceptors (Lipinski definition) is 5. The van der Waals surface area contributed by atoms with Gasteiger partial charge in [0.05, 0.1) is 32.7 Å². The van der Waals surface area contributed by atoms with Crippen LogP contribution in [-0.4, -0.2) is 36.8 Å². The van der Waals surface area contributed by atoms with Gasteiger partial charge in [0.1, 0.15) is 29.4 Å². The Labute approximate surface area is 162 Å². The fourth-order valence-corrected chi connectivity index (χ4v) is 3.53. The van der Waals surface area contributed by atoms with Crippen molar-refractivity contribution < 1.29 is 19.0 Å². The molecule has 4 rings (SSSR count). The Bertz CT molecular complexity index is 1030. The molecule has 1 amide bonds. The Balaban J connectivity index is 1.81. The van der Waals surface area contributed by atoms with Crippen LogP contribution in [0.5, 0.6) is 17.2 Å². The molecule has 144 valence electrons. The second-order valence-electron chi connectivity index (χ2n) is 6.46. The number of carbonyl (C=O) groups is 1. The van der Waals surface area contributed by atoms with E-state index in [2.05, 4.69) is 10.3 Å². The van der Waals surface area contributed by atoms with Gasteiger partial charge in [-0.05, 0) is 18.2 Å². The molecular weight excluding hydrogens is 358 g/mol. The highest BCUT2D eigenvalue weighted by Crippen LogP contribution is 2.41. The first-order valence-corrected chi connectivity index (χ1v) is 8.88. The number of rotatable bonds is 5. The predicted molar refractivity (Wildman–Crippen MR) is 105 cm³/mol. The molecule has 1 N–H and O–H groups in total. The lowest BCUT2D eigenvalue weighted by atomic mass is 9.89. The molecule has 0 saturated carbocycles. The monoisotopic (exact) mass is 379 g/mol. The van der Waals surface area contributed by atoms with Gasteiger partial charge in [-0.25, -0.2) is 4.98 Å². The molecule has 3 aromatic rings. The Morgan fingerprint density at radius 2 is 1.82 bits per heavy atom. The van der Waals surface area contributed by atoms with Gasteiger partial charge in [-0.2, -0.15) is 0 Å². The average molecular weight is 379 g/mol. The Morgan fingerprint density at radius 3 is 2.57 bits per heavy atom. The van der Waals surface area contributed by atoms with Crippen molar-refractivity contribution in [1.82, 2.24) is 9.55 Å². The summed E-state index contributed by atoms with van der Waals surface area (Å²) >= 11 is 0. The zero-order chi connectivity index (χ0) is 19.7. The summed E-state index contributed by atoms with van der Waals surface area (Å²) < 4.78 is 18.0. The van der Waals surface area contributed by atoms with Crippen molar-refractivity contribution in [3.8, 4) is 22.9 Å². The third-order valence-corrected chi connectivity index (χ3v) is 4.92. The predicted octanol–water partition coefficient (Wildman–Crippen LogP) is 3.37. The molecule has 7 nitrogen and oxygen atoms in total. The Kier molecular flexibility index (Phi) is 4.65. The van der Waals surface area contributed by atoms with Crippen molar-refractivity contribution in [1.29, 1.82) is 0 Å². The largest absolute Gasteiger partial charge is 0.497 e. The number of hydrogen-bond donors (Lipinski definition) is 1. The van der Waals surface area contributed by atoms with Gasteiger partial charge < -0.3 is 19.5 Å². The van der Waals surface area contributed by atoms with Gasteiger partial charge in [0.25, 0.3) is 0 Å². The van der Waals surface area contributed by atoms with E-state index >= 15 is 0 Å². The van der Waals surface area contributed by atoms with Crippen molar-refractivity contribution in [3.63, 3.8) is 0 Å². The number of imidazole rings is 1. The molecule has 1 aliphatic heterocycles. The summed E-state index contributed by atoms with van der Waals surface area (Å²) in [6.07, 6.45) is 2.01. The minimum Gasteiger partial charge on any atom is -0.497 e. The standard InChI is InChI=1S/C21H21N3O4/c1-26-14-6-4-5-13(9-14)24-12-22-20-17(11-19(25)23-21(20)24)16-8-7-15(27-2)10-18(16)28-3/h4-10,12,17H,11H2,1-3H3,(H,23,25)/t17-/m0/s1.